The van der Waals surface area contributed by atoms with Gasteiger partial charge in [0.05, 0.1) is 0 Å². The molecule has 1 heteroatoms. The van der Waals surface area contributed by atoms with E-state index in [-0.39, 0.29) is 0 Å². The maximum absolute atomic E-state index is 3.58. The van der Waals surface area contributed by atoms with Gasteiger partial charge in [-0.15, -0.1) is 0 Å². The van der Waals surface area contributed by atoms with Crippen molar-refractivity contribution in [3.8, 4) is 0 Å². The number of hydrogen-bond acceptors (Lipinski definition) is 0. The Bertz CT molecular complexity index is 765. The number of rotatable bonds is 0. The predicted octanol–water partition coefficient (Wildman–Crippen LogP) is 5.90. The van der Waals surface area contributed by atoms with Gasteiger partial charge in [-0.05, 0) is 64.8 Å². The molecule has 2 aromatic carbocycles. The molecule has 1 atom stereocenters. The van der Waals surface area contributed by atoms with Crippen molar-refractivity contribution < 1.29 is 0 Å². The van der Waals surface area contributed by atoms with Gasteiger partial charge in [0.2, 0.25) is 0 Å². The van der Waals surface area contributed by atoms with E-state index in [1.165, 1.54) is 46.7 Å². The maximum atomic E-state index is 3.58. The molecule has 0 spiro atoms. The summed E-state index contributed by atoms with van der Waals surface area (Å²) in [6.45, 7) is 2.38. The summed E-state index contributed by atoms with van der Waals surface area (Å²) in [5.74, 6) is 0.677. The van der Waals surface area contributed by atoms with Gasteiger partial charge in [0.1, 0.15) is 0 Å². The van der Waals surface area contributed by atoms with E-state index in [1.54, 1.807) is 5.57 Å². The molecule has 0 heterocycles. The standard InChI is InChI=1S/C19H17Br/c1-12-10-19-16-9-7-14(20)11-13(16)6-8-18(19)17-5-3-2-4-15(12)17/h3,5-9,11-12H,2,4,10H2,1H3. The van der Waals surface area contributed by atoms with Gasteiger partial charge >= 0.3 is 0 Å². The van der Waals surface area contributed by atoms with Gasteiger partial charge < -0.3 is 0 Å². The van der Waals surface area contributed by atoms with Crippen molar-refractivity contribution in [3.63, 3.8) is 0 Å². The molecule has 0 amide bonds. The SMILES string of the molecule is CC1Cc2c(ccc3cc(Br)ccc23)C2=C1CCC=C2. The number of halogens is 1. The van der Waals surface area contributed by atoms with Crippen LogP contribution in [-0.4, -0.2) is 0 Å². The zero-order valence-corrected chi connectivity index (χ0v) is 13.2. The summed E-state index contributed by atoms with van der Waals surface area (Å²) < 4.78 is 1.16. The Balaban J connectivity index is 2.02. The summed E-state index contributed by atoms with van der Waals surface area (Å²) in [4.78, 5) is 0. The Morgan fingerprint density at radius 1 is 1.15 bits per heavy atom. The minimum Gasteiger partial charge on any atom is -0.0836 e. The quantitative estimate of drug-likeness (QED) is 0.566. The Kier molecular flexibility index (Phi) is 2.85. The van der Waals surface area contributed by atoms with Crippen LogP contribution in [0, 0.1) is 5.92 Å². The van der Waals surface area contributed by atoms with Crippen LogP contribution in [0.4, 0.5) is 0 Å². The van der Waals surface area contributed by atoms with E-state index in [4.69, 9.17) is 0 Å². The largest absolute Gasteiger partial charge is 0.0836 e. The molecule has 4 rings (SSSR count). The van der Waals surface area contributed by atoms with Crippen LogP contribution < -0.4 is 0 Å². The second kappa shape index (κ2) is 4.60. The van der Waals surface area contributed by atoms with Gasteiger partial charge in [-0.3, -0.25) is 0 Å². The van der Waals surface area contributed by atoms with E-state index in [1.807, 2.05) is 0 Å². The fourth-order valence-electron chi connectivity index (χ4n) is 3.72. The van der Waals surface area contributed by atoms with E-state index in [9.17, 15) is 0 Å². The summed E-state index contributed by atoms with van der Waals surface area (Å²) in [6.07, 6.45) is 8.30. The molecule has 0 N–H and O–H groups in total. The molecule has 0 aromatic heterocycles. The number of fused-ring (bicyclic) bond motifs is 4. The minimum atomic E-state index is 0.677. The highest BCUT2D eigenvalue weighted by molar-refractivity contribution is 9.10. The number of hydrogen-bond donors (Lipinski definition) is 0. The lowest BCUT2D eigenvalue weighted by atomic mass is 9.74. The lowest BCUT2D eigenvalue weighted by molar-refractivity contribution is 0.634. The first-order valence-corrected chi connectivity index (χ1v) is 8.14. The van der Waals surface area contributed by atoms with E-state index < -0.39 is 0 Å². The first-order valence-electron chi connectivity index (χ1n) is 7.35. The van der Waals surface area contributed by atoms with E-state index in [0.717, 1.165) is 4.47 Å². The molecule has 20 heavy (non-hydrogen) atoms. The summed E-state index contributed by atoms with van der Waals surface area (Å²) >= 11 is 3.58. The first-order chi connectivity index (χ1) is 9.74. The van der Waals surface area contributed by atoms with Gasteiger partial charge in [-0.2, -0.15) is 0 Å². The lowest BCUT2D eigenvalue weighted by Gasteiger charge is -2.30. The molecule has 2 aliphatic carbocycles. The number of benzene rings is 2. The zero-order valence-electron chi connectivity index (χ0n) is 11.6. The summed E-state index contributed by atoms with van der Waals surface area (Å²) in [5, 5.41) is 2.76. The van der Waals surface area contributed by atoms with Gasteiger partial charge in [-0.25, -0.2) is 0 Å². The lowest BCUT2D eigenvalue weighted by Crippen LogP contribution is -2.15. The second-order valence-corrected chi connectivity index (χ2v) is 6.86. The molecular weight excluding hydrogens is 308 g/mol. The monoisotopic (exact) mass is 324 g/mol. The fourth-order valence-corrected chi connectivity index (χ4v) is 4.10. The van der Waals surface area contributed by atoms with Gasteiger partial charge in [0.15, 0.2) is 0 Å². The third kappa shape index (κ3) is 1.80. The molecule has 1 unspecified atom stereocenters. The van der Waals surface area contributed by atoms with Crippen LogP contribution in [0.5, 0.6) is 0 Å². The van der Waals surface area contributed by atoms with Crippen LogP contribution in [0.15, 0.2) is 52.5 Å². The molecule has 0 aliphatic heterocycles. The molecule has 0 bridgehead atoms. The van der Waals surface area contributed by atoms with Crippen LogP contribution in [-0.2, 0) is 6.42 Å². The second-order valence-electron chi connectivity index (χ2n) is 5.94. The number of allylic oxidation sites excluding steroid dienone is 4. The molecule has 0 saturated heterocycles. The highest BCUT2D eigenvalue weighted by Crippen LogP contribution is 2.42. The molecule has 0 saturated carbocycles. The van der Waals surface area contributed by atoms with E-state index in [0.29, 0.717) is 5.92 Å². The molecule has 0 radical (unpaired) electrons. The van der Waals surface area contributed by atoms with Crippen molar-refractivity contribution in [1.82, 2.24) is 0 Å². The van der Waals surface area contributed by atoms with Gasteiger partial charge in [0, 0.05) is 4.47 Å². The average molecular weight is 325 g/mol. The minimum absolute atomic E-state index is 0.677. The van der Waals surface area contributed by atoms with E-state index in [2.05, 4.69) is 65.3 Å². The Hall–Kier alpha value is -1.34. The van der Waals surface area contributed by atoms with Crippen molar-refractivity contribution in [2.24, 2.45) is 5.92 Å². The average Bonchev–Trinajstić information content (AvgIpc) is 2.47. The van der Waals surface area contributed by atoms with Crippen molar-refractivity contribution in [1.29, 1.82) is 0 Å². The van der Waals surface area contributed by atoms with E-state index >= 15 is 0 Å². The Morgan fingerprint density at radius 3 is 2.95 bits per heavy atom. The topological polar surface area (TPSA) is 0 Å². The van der Waals surface area contributed by atoms with Crippen LogP contribution in [0.3, 0.4) is 0 Å². The maximum Gasteiger partial charge on any atom is 0.0181 e. The molecule has 100 valence electrons. The smallest absolute Gasteiger partial charge is 0.0181 e. The normalized spacial score (nSPS) is 21.0. The zero-order chi connectivity index (χ0) is 13.7. The fraction of sp³-hybridized carbons (Fsp3) is 0.263. The Labute approximate surface area is 128 Å². The third-order valence-electron chi connectivity index (χ3n) is 4.70. The van der Waals surface area contributed by atoms with Crippen molar-refractivity contribution in [2.75, 3.05) is 0 Å². The van der Waals surface area contributed by atoms with Gasteiger partial charge in [0.25, 0.3) is 0 Å². The molecule has 2 aliphatic rings. The van der Waals surface area contributed by atoms with Crippen LogP contribution in [0.1, 0.15) is 30.9 Å². The molecular formula is C19H17Br. The summed E-state index contributed by atoms with van der Waals surface area (Å²) in [6, 6.07) is 11.2. The first kappa shape index (κ1) is 12.4. The molecule has 0 fully saturated rings. The van der Waals surface area contributed by atoms with Crippen molar-refractivity contribution in [3.05, 3.63) is 63.7 Å². The van der Waals surface area contributed by atoms with Gasteiger partial charge in [-0.1, -0.05) is 58.8 Å². The summed E-state index contributed by atoms with van der Waals surface area (Å²) in [7, 11) is 0. The predicted molar refractivity (Wildman–Crippen MR) is 89.8 cm³/mol. The Morgan fingerprint density at radius 2 is 2.05 bits per heavy atom. The third-order valence-corrected chi connectivity index (χ3v) is 5.19. The van der Waals surface area contributed by atoms with Crippen molar-refractivity contribution in [2.45, 2.75) is 26.2 Å². The highest BCUT2D eigenvalue weighted by Gasteiger charge is 2.25. The van der Waals surface area contributed by atoms with Crippen molar-refractivity contribution >= 4 is 32.3 Å². The van der Waals surface area contributed by atoms with Crippen LogP contribution in [0.25, 0.3) is 16.3 Å². The van der Waals surface area contributed by atoms with Crippen LogP contribution >= 0.6 is 15.9 Å². The van der Waals surface area contributed by atoms with Crippen LogP contribution in [0.2, 0.25) is 0 Å². The molecule has 0 nitrogen and oxygen atoms in total. The highest BCUT2D eigenvalue weighted by atomic mass is 79.9. The summed E-state index contributed by atoms with van der Waals surface area (Å²) in [5.41, 5.74) is 6.16. The molecule has 2 aromatic rings.